The third-order valence-corrected chi connectivity index (χ3v) is 13.0. The first-order valence-corrected chi connectivity index (χ1v) is 27.2. The molecule has 0 bridgehead atoms. The van der Waals surface area contributed by atoms with Crippen LogP contribution in [0.15, 0.2) is 60.7 Å². The molecule has 2 aromatic carbocycles. The smallest absolute Gasteiger partial charge is 0.243 e. The fraction of sp³-hybridized carbons (Fsp3) is 0.611. The highest BCUT2D eigenvalue weighted by molar-refractivity contribution is 5.98. The number of unbranched alkanes of at least 4 members (excludes halogenated alkanes) is 4. The molecule has 3 rings (SSSR count). The summed E-state index contributed by atoms with van der Waals surface area (Å²) in [6, 6.07) is 6.91. The lowest BCUT2D eigenvalue weighted by Crippen LogP contribution is -2.61. The minimum Gasteiger partial charge on any atom is -0.393 e. The molecule has 0 spiro atoms. The van der Waals surface area contributed by atoms with E-state index in [1.165, 1.54) is 0 Å². The second kappa shape index (κ2) is 35.7. The van der Waals surface area contributed by atoms with Crippen LogP contribution in [-0.4, -0.2) is 145 Å². The second-order valence-electron chi connectivity index (χ2n) is 20.0. The summed E-state index contributed by atoms with van der Waals surface area (Å²) in [6.07, 6.45) is 3.29. The van der Waals surface area contributed by atoms with Gasteiger partial charge in [0.2, 0.25) is 53.2 Å². The quantitative estimate of drug-likeness (QED) is 0.0500. The van der Waals surface area contributed by atoms with Gasteiger partial charge in [-0.3, -0.25) is 43.2 Å². The predicted octanol–water partition coefficient (Wildman–Crippen LogP) is -1.58. The number of carbonyl (C=O) groups excluding carboxylic acids is 9. The number of hydrogen-bond acceptors (Lipinski definition) is 14. The Balaban J connectivity index is 2.11. The number of nitrogens with two attached hydrogens (primary N) is 4. The normalized spacial score (nSPS) is 22.5. The van der Waals surface area contributed by atoms with E-state index in [0.717, 1.165) is 32.1 Å². The van der Waals surface area contributed by atoms with Gasteiger partial charge in [-0.25, -0.2) is 0 Å². The van der Waals surface area contributed by atoms with E-state index in [4.69, 9.17) is 22.9 Å². The standard InChI is InChI=1S/C54H87N13O10/c1-4-5-6-7-14-19-37(68)33-46(69)60-38(20-25-55)48(71)64-42-24-29-59-47(70)43(30-34(2)3)65-50(73)40(22-27-57)61-49(72)39(21-26-56)63-53(76)44(31-35-15-10-8-11-16-35)67-54(77)45(32-36-17-12-9-13-18-36)66-51(74)41(23-28-58)62-52(42)75/h8-13,15-18,34,37-45,68H,4-7,14,19-33,55-58H2,1-3H3,(H,59,70)(H,60,69)(H,61,72)(H,62,75)(H,63,76)(H,64,71)(H,65,73)(H,66,74)(H,67,77)/t37-,38-,39+,40+,41+,42+,43+,44+,45-/m1/s1. The summed E-state index contributed by atoms with van der Waals surface area (Å²) >= 11 is 0. The Morgan fingerprint density at radius 1 is 0.571 bits per heavy atom. The van der Waals surface area contributed by atoms with Gasteiger partial charge in [-0.05, 0) is 88.2 Å². The van der Waals surface area contributed by atoms with Crippen LogP contribution < -0.4 is 70.8 Å². The largest absolute Gasteiger partial charge is 0.393 e. The summed E-state index contributed by atoms with van der Waals surface area (Å²) < 4.78 is 0. The number of nitrogens with one attached hydrogen (secondary N) is 9. The van der Waals surface area contributed by atoms with Gasteiger partial charge in [0.15, 0.2) is 0 Å². The van der Waals surface area contributed by atoms with Gasteiger partial charge in [0.05, 0.1) is 12.5 Å². The van der Waals surface area contributed by atoms with Gasteiger partial charge in [0.25, 0.3) is 0 Å². The molecule has 0 saturated carbocycles. The van der Waals surface area contributed by atoms with Gasteiger partial charge in [0, 0.05) is 19.4 Å². The maximum absolute atomic E-state index is 14.6. The van der Waals surface area contributed by atoms with E-state index in [0.29, 0.717) is 17.5 Å². The molecule has 428 valence electrons. The van der Waals surface area contributed by atoms with E-state index in [1.807, 2.05) is 13.8 Å². The van der Waals surface area contributed by atoms with Crippen molar-refractivity contribution >= 4 is 53.2 Å². The molecule has 9 atom stereocenters. The Bertz CT molecular complexity index is 2170. The van der Waals surface area contributed by atoms with Crippen LogP contribution in [0.2, 0.25) is 0 Å². The number of benzene rings is 2. The first kappa shape index (κ1) is 64.8. The van der Waals surface area contributed by atoms with E-state index >= 15 is 0 Å². The highest BCUT2D eigenvalue weighted by atomic mass is 16.3. The molecule has 1 fully saturated rings. The van der Waals surface area contributed by atoms with Crippen molar-refractivity contribution in [1.82, 2.24) is 47.9 Å². The molecule has 0 aromatic heterocycles. The molecule has 1 heterocycles. The molecule has 1 saturated heterocycles. The van der Waals surface area contributed by atoms with Gasteiger partial charge < -0.3 is 75.9 Å². The van der Waals surface area contributed by atoms with E-state index < -0.39 is 108 Å². The average molecular weight is 1080 g/mol. The van der Waals surface area contributed by atoms with Crippen molar-refractivity contribution in [3.8, 4) is 0 Å². The fourth-order valence-corrected chi connectivity index (χ4v) is 8.75. The highest BCUT2D eigenvalue weighted by Crippen LogP contribution is 2.13. The maximum Gasteiger partial charge on any atom is 0.243 e. The van der Waals surface area contributed by atoms with Crippen molar-refractivity contribution in [2.75, 3.05) is 32.7 Å². The third kappa shape index (κ3) is 24.1. The Morgan fingerprint density at radius 3 is 1.47 bits per heavy atom. The minimum atomic E-state index is -1.48. The van der Waals surface area contributed by atoms with Crippen molar-refractivity contribution in [3.63, 3.8) is 0 Å². The topological polar surface area (TPSA) is 386 Å². The SMILES string of the molecule is CCCCCCC[C@@H](O)CC(=O)N[C@H](CCN)C(=O)N[C@H]1CCNC(=O)[C@H](CC(C)C)NC(=O)[C@H](CCN)NC(=O)[C@H](CCN)NC(=O)[C@H](Cc2ccccc2)NC(=O)[C@@H](Cc2ccccc2)NC(=O)[C@H](CCN)NC1=O. The Kier molecular flexibility index (Phi) is 30.1. The summed E-state index contributed by atoms with van der Waals surface area (Å²) in [5.74, 6) is -7.07. The summed E-state index contributed by atoms with van der Waals surface area (Å²) in [5, 5.41) is 34.8. The van der Waals surface area contributed by atoms with Crippen molar-refractivity contribution in [1.29, 1.82) is 0 Å². The number of aliphatic hydroxyl groups is 1. The number of aliphatic hydroxyl groups excluding tert-OH is 1. The van der Waals surface area contributed by atoms with E-state index in [-0.39, 0.29) is 96.4 Å². The van der Waals surface area contributed by atoms with Crippen molar-refractivity contribution in [2.45, 2.75) is 172 Å². The zero-order chi connectivity index (χ0) is 56.7. The molecule has 2 aromatic rings. The molecule has 1 aliphatic rings. The Labute approximate surface area is 452 Å². The van der Waals surface area contributed by atoms with E-state index in [9.17, 15) is 48.3 Å². The van der Waals surface area contributed by atoms with Gasteiger partial charge in [-0.1, -0.05) is 114 Å². The Hall–Kier alpha value is -6.53. The minimum absolute atomic E-state index is 0.0491. The highest BCUT2D eigenvalue weighted by Gasteiger charge is 2.35. The van der Waals surface area contributed by atoms with Crippen molar-refractivity contribution in [3.05, 3.63) is 71.8 Å². The molecule has 0 aliphatic carbocycles. The summed E-state index contributed by atoms with van der Waals surface area (Å²) in [7, 11) is 0. The molecular weight excluding hydrogens is 991 g/mol. The van der Waals surface area contributed by atoms with Crippen LogP contribution in [-0.2, 0) is 56.0 Å². The van der Waals surface area contributed by atoms with Crippen LogP contribution in [0.1, 0.15) is 115 Å². The molecule has 9 amide bonds. The summed E-state index contributed by atoms with van der Waals surface area (Å²) in [4.78, 5) is 127. The van der Waals surface area contributed by atoms with E-state index in [2.05, 4.69) is 54.8 Å². The molecule has 23 nitrogen and oxygen atoms in total. The van der Waals surface area contributed by atoms with Gasteiger partial charge in [-0.15, -0.1) is 0 Å². The van der Waals surface area contributed by atoms with Crippen molar-refractivity contribution in [2.24, 2.45) is 28.9 Å². The van der Waals surface area contributed by atoms with Crippen molar-refractivity contribution < 1.29 is 48.3 Å². The molecule has 0 radical (unpaired) electrons. The van der Waals surface area contributed by atoms with Gasteiger partial charge >= 0.3 is 0 Å². The maximum atomic E-state index is 14.6. The number of carbonyl (C=O) groups is 9. The van der Waals surface area contributed by atoms with Crippen LogP contribution in [0.25, 0.3) is 0 Å². The lowest BCUT2D eigenvalue weighted by atomic mass is 10.0. The first-order chi connectivity index (χ1) is 36.9. The third-order valence-electron chi connectivity index (χ3n) is 13.0. The second-order valence-corrected chi connectivity index (χ2v) is 20.0. The molecule has 77 heavy (non-hydrogen) atoms. The summed E-state index contributed by atoms with van der Waals surface area (Å²) in [5.41, 5.74) is 25.0. The van der Waals surface area contributed by atoms with Gasteiger partial charge in [-0.2, -0.15) is 0 Å². The lowest BCUT2D eigenvalue weighted by molar-refractivity contribution is -0.136. The monoisotopic (exact) mass is 1080 g/mol. The molecule has 1 aliphatic heterocycles. The number of amides is 9. The zero-order valence-electron chi connectivity index (χ0n) is 45.1. The Morgan fingerprint density at radius 2 is 1.01 bits per heavy atom. The van der Waals surface area contributed by atoms with Gasteiger partial charge in [0.1, 0.15) is 48.3 Å². The molecular formula is C54H87N13O10. The van der Waals surface area contributed by atoms with Crippen LogP contribution in [0.4, 0.5) is 0 Å². The first-order valence-electron chi connectivity index (χ1n) is 27.2. The van der Waals surface area contributed by atoms with Crippen LogP contribution in [0.5, 0.6) is 0 Å². The predicted molar refractivity (Wildman–Crippen MR) is 292 cm³/mol. The molecule has 23 heteroatoms. The number of hydrogen-bond donors (Lipinski definition) is 14. The van der Waals surface area contributed by atoms with Crippen LogP contribution in [0, 0.1) is 5.92 Å². The number of rotatable bonds is 25. The van der Waals surface area contributed by atoms with Crippen LogP contribution in [0.3, 0.4) is 0 Å². The zero-order valence-corrected chi connectivity index (χ0v) is 45.1. The van der Waals surface area contributed by atoms with E-state index in [1.54, 1.807) is 60.7 Å². The summed E-state index contributed by atoms with van der Waals surface area (Å²) in [6.45, 7) is 5.19. The lowest BCUT2D eigenvalue weighted by Gasteiger charge is -2.28. The molecule has 0 unspecified atom stereocenters. The van der Waals surface area contributed by atoms with Crippen LogP contribution >= 0.6 is 0 Å². The average Bonchev–Trinajstić information content (AvgIpc) is 3.39. The molecule has 18 N–H and O–H groups in total. The fourth-order valence-electron chi connectivity index (χ4n) is 8.75.